The molecule has 1 unspecified atom stereocenters. The first-order valence-electron chi connectivity index (χ1n) is 10.0. The van der Waals surface area contributed by atoms with Gasteiger partial charge in [0.15, 0.2) is 9.84 Å². The van der Waals surface area contributed by atoms with Crippen LogP contribution in [0.25, 0.3) is 0 Å². The summed E-state index contributed by atoms with van der Waals surface area (Å²) in [6.45, 7) is 1.96. The summed E-state index contributed by atoms with van der Waals surface area (Å²) in [4.78, 5) is 29.4. The van der Waals surface area contributed by atoms with Crippen molar-refractivity contribution in [2.24, 2.45) is 11.7 Å². The average molecular weight is 409 g/mol. The number of rotatable bonds is 4. The quantitative estimate of drug-likeness (QED) is 0.675. The summed E-state index contributed by atoms with van der Waals surface area (Å²) in [6.07, 6.45) is 5.78. The molecule has 2 saturated heterocycles. The molecule has 9 heteroatoms. The van der Waals surface area contributed by atoms with Crippen molar-refractivity contribution in [1.82, 2.24) is 15.2 Å². The van der Waals surface area contributed by atoms with Crippen LogP contribution >= 0.6 is 0 Å². The van der Waals surface area contributed by atoms with Gasteiger partial charge in [0.05, 0.1) is 16.1 Å². The van der Waals surface area contributed by atoms with E-state index in [1.807, 2.05) is 0 Å². The van der Waals surface area contributed by atoms with Crippen LogP contribution in [0, 0.1) is 5.92 Å². The Labute approximate surface area is 165 Å². The van der Waals surface area contributed by atoms with Crippen LogP contribution in [-0.2, 0) is 9.84 Å². The van der Waals surface area contributed by atoms with Crippen molar-refractivity contribution in [1.29, 1.82) is 0 Å². The van der Waals surface area contributed by atoms with Gasteiger partial charge in [0.2, 0.25) is 0 Å². The number of nitrogens with one attached hydrogen (secondary N) is 2. The second-order valence-electron chi connectivity index (χ2n) is 8.54. The van der Waals surface area contributed by atoms with Crippen LogP contribution in [0.4, 0.5) is 0 Å². The maximum absolute atomic E-state index is 12.4. The van der Waals surface area contributed by atoms with Gasteiger partial charge < -0.3 is 20.9 Å². The summed E-state index contributed by atoms with van der Waals surface area (Å²) < 4.78 is 24.2. The van der Waals surface area contributed by atoms with E-state index in [0.717, 1.165) is 25.9 Å². The number of hydrogen-bond acceptors (Lipinski definition) is 5. The van der Waals surface area contributed by atoms with Crippen molar-refractivity contribution in [2.75, 3.05) is 25.4 Å². The highest BCUT2D eigenvalue weighted by Gasteiger charge is 2.55. The van der Waals surface area contributed by atoms with Gasteiger partial charge >= 0.3 is 0 Å². The van der Waals surface area contributed by atoms with E-state index >= 15 is 0 Å². The fourth-order valence-electron chi connectivity index (χ4n) is 4.87. The van der Waals surface area contributed by atoms with Gasteiger partial charge in [-0.25, -0.2) is 8.42 Å². The predicted octanol–water partition coefficient (Wildman–Crippen LogP) is 0.665. The number of carbonyl (C=O) groups excluding carboxylic acids is 2. The van der Waals surface area contributed by atoms with Gasteiger partial charge in [-0.2, -0.15) is 0 Å². The number of hydrogen-bond donors (Lipinski definition) is 3. The van der Waals surface area contributed by atoms with E-state index in [-0.39, 0.29) is 29.5 Å². The zero-order valence-corrected chi connectivity index (χ0v) is 16.8. The third kappa shape index (κ3) is 3.45. The normalized spacial score (nSPS) is 31.5. The van der Waals surface area contributed by atoms with Gasteiger partial charge in [0, 0.05) is 31.9 Å². The molecule has 0 radical (unpaired) electrons. The maximum Gasteiger partial charge on any atom is 0.270 e. The molecule has 3 fully saturated rings. The summed E-state index contributed by atoms with van der Waals surface area (Å²) in [5, 5.41) is 2.87. The lowest BCUT2D eigenvalue weighted by Crippen LogP contribution is -2.59. The zero-order valence-electron chi connectivity index (χ0n) is 15.9. The molecule has 2 amide bonds. The number of likely N-dealkylation sites (tertiary alicyclic amines) is 1. The highest BCUT2D eigenvalue weighted by atomic mass is 32.2. The summed E-state index contributed by atoms with van der Waals surface area (Å²) in [6, 6.07) is 1.54. The molecule has 1 saturated carbocycles. The molecule has 1 aromatic heterocycles. The third-order valence-electron chi connectivity index (χ3n) is 6.49. The molecule has 3 heterocycles. The Morgan fingerprint density at radius 2 is 1.96 bits per heavy atom. The number of aromatic amines is 1. The molecule has 8 nitrogen and oxygen atoms in total. The van der Waals surface area contributed by atoms with Crippen LogP contribution in [0.3, 0.4) is 0 Å². The van der Waals surface area contributed by atoms with Crippen molar-refractivity contribution in [3.8, 4) is 0 Å². The predicted molar refractivity (Wildman–Crippen MR) is 105 cm³/mol. The number of amides is 2. The van der Waals surface area contributed by atoms with Gasteiger partial charge in [0.25, 0.3) is 11.8 Å². The number of nitrogens with two attached hydrogens (primary N) is 1. The monoisotopic (exact) mass is 408 g/mol. The minimum absolute atomic E-state index is 0.0505. The topological polar surface area (TPSA) is 125 Å². The van der Waals surface area contributed by atoms with Crippen LogP contribution in [0.5, 0.6) is 0 Å². The third-order valence-corrected chi connectivity index (χ3v) is 9.09. The van der Waals surface area contributed by atoms with E-state index in [2.05, 4.69) is 10.3 Å². The number of carbonyl (C=O) groups is 2. The highest BCUT2D eigenvalue weighted by molar-refractivity contribution is 7.92. The number of sulfone groups is 1. The van der Waals surface area contributed by atoms with Gasteiger partial charge in [0.1, 0.15) is 5.69 Å². The minimum Gasteiger partial charge on any atom is -0.356 e. The minimum atomic E-state index is -3.10. The molecule has 1 atom stereocenters. The van der Waals surface area contributed by atoms with Crippen LogP contribution in [-0.4, -0.2) is 66.3 Å². The molecule has 0 aromatic carbocycles. The average Bonchev–Trinajstić information content (AvgIpc) is 3.31. The maximum atomic E-state index is 12.4. The SMILES string of the molecule is NC1CCS(=O)(=O)C2(C1)CC(CNC(=O)c1c[nH]c(C(=O)N3CCCC3)c1)C2. The molecule has 3 aliphatic rings. The molecule has 1 aromatic rings. The van der Waals surface area contributed by atoms with Gasteiger partial charge in [-0.3, -0.25) is 9.59 Å². The largest absolute Gasteiger partial charge is 0.356 e. The lowest BCUT2D eigenvalue weighted by Gasteiger charge is -2.50. The van der Waals surface area contributed by atoms with Gasteiger partial charge in [-0.1, -0.05) is 0 Å². The number of H-pyrrole nitrogens is 1. The van der Waals surface area contributed by atoms with Crippen molar-refractivity contribution in [3.05, 3.63) is 23.5 Å². The zero-order chi connectivity index (χ0) is 19.9. The van der Waals surface area contributed by atoms with Gasteiger partial charge in [-0.15, -0.1) is 0 Å². The van der Waals surface area contributed by atoms with Crippen molar-refractivity contribution < 1.29 is 18.0 Å². The van der Waals surface area contributed by atoms with Crippen LogP contribution in [0.1, 0.15) is 59.4 Å². The Morgan fingerprint density at radius 3 is 2.68 bits per heavy atom. The molecule has 154 valence electrons. The second kappa shape index (κ2) is 7.18. The smallest absolute Gasteiger partial charge is 0.270 e. The number of nitrogens with zero attached hydrogens (tertiary/aromatic N) is 1. The second-order valence-corrected chi connectivity index (χ2v) is 11.0. The fourth-order valence-corrected chi connectivity index (χ4v) is 7.36. The van der Waals surface area contributed by atoms with E-state index in [9.17, 15) is 18.0 Å². The Hall–Kier alpha value is -1.87. The first kappa shape index (κ1) is 19.4. The summed E-state index contributed by atoms with van der Waals surface area (Å²) in [5.74, 6) is -0.00407. The summed E-state index contributed by atoms with van der Waals surface area (Å²) >= 11 is 0. The van der Waals surface area contributed by atoms with E-state index < -0.39 is 14.6 Å². The Kier molecular flexibility index (Phi) is 4.99. The van der Waals surface area contributed by atoms with Crippen LogP contribution < -0.4 is 11.1 Å². The van der Waals surface area contributed by atoms with Crippen molar-refractivity contribution in [3.63, 3.8) is 0 Å². The van der Waals surface area contributed by atoms with Crippen molar-refractivity contribution in [2.45, 2.75) is 49.3 Å². The number of aromatic nitrogens is 1. The summed E-state index contributed by atoms with van der Waals surface area (Å²) in [5.41, 5.74) is 6.84. The molecular formula is C19H28N4O4S. The first-order chi connectivity index (χ1) is 13.3. The van der Waals surface area contributed by atoms with E-state index in [1.165, 1.54) is 0 Å². The lowest BCUT2D eigenvalue weighted by molar-refractivity contribution is 0.0787. The highest BCUT2D eigenvalue weighted by Crippen LogP contribution is 2.49. The Bertz CT molecular complexity index is 866. The fraction of sp³-hybridized carbons (Fsp3) is 0.684. The molecule has 4 N–H and O–H groups in total. The molecule has 28 heavy (non-hydrogen) atoms. The van der Waals surface area contributed by atoms with E-state index in [4.69, 9.17) is 5.73 Å². The summed E-state index contributed by atoms with van der Waals surface area (Å²) in [7, 11) is -3.10. The molecule has 1 aliphatic carbocycles. The molecule has 1 spiro atoms. The standard InChI is InChI=1S/C19H28N4O4S/c20-15-3-6-28(26,27)19(10-15)8-13(9-19)11-22-17(24)14-7-16(21-12-14)18(25)23-4-1-2-5-23/h7,12-13,15,21H,1-6,8-11,20H2,(H,22,24). The van der Waals surface area contributed by atoms with Crippen LogP contribution in [0.2, 0.25) is 0 Å². The van der Waals surface area contributed by atoms with Crippen LogP contribution in [0.15, 0.2) is 12.3 Å². The van der Waals surface area contributed by atoms with Crippen molar-refractivity contribution >= 4 is 21.7 Å². The van der Waals surface area contributed by atoms with Gasteiger partial charge in [-0.05, 0) is 50.5 Å². The molecule has 2 aliphatic heterocycles. The molecule has 4 rings (SSSR count). The Morgan fingerprint density at radius 1 is 1.25 bits per heavy atom. The first-order valence-corrected chi connectivity index (χ1v) is 11.7. The lowest BCUT2D eigenvalue weighted by atomic mass is 9.70. The van der Waals surface area contributed by atoms with E-state index in [0.29, 0.717) is 43.5 Å². The van der Waals surface area contributed by atoms with E-state index in [1.54, 1.807) is 17.2 Å². The molecule has 0 bridgehead atoms. The Balaban J connectivity index is 1.29. The molecular weight excluding hydrogens is 380 g/mol.